The summed E-state index contributed by atoms with van der Waals surface area (Å²) in [4.78, 5) is 10.5. The molecule has 0 fully saturated rings. The highest BCUT2D eigenvalue weighted by atomic mass is 35.5. The van der Waals surface area contributed by atoms with Gasteiger partial charge in [0.15, 0.2) is 0 Å². The molecule has 0 rings (SSSR count). The first-order chi connectivity index (χ1) is 5.27. The number of rotatable bonds is 7. The fourth-order valence-corrected chi connectivity index (χ4v) is 1.15. The molecule has 0 unspecified atom stereocenters. The molecule has 0 atom stereocenters. The average Bonchev–Trinajstić information content (AvgIpc) is 1.96. The minimum atomic E-state index is 0. The number of carbonyl (C=O) groups is 1. The van der Waals surface area contributed by atoms with Gasteiger partial charge in [0.2, 0.25) is 0 Å². The summed E-state index contributed by atoms with van der Waals surface area (Å²) >= 11 is 0. The fourth-order valence-electron chi connectivity index (χ4n) is 1.15. The second-order valence-corrected chi connectivity index (χ2v) is 3.22. The Kier molecular flexibility index (Phi) is 13.2. The lowest BCUT2D eigenvalue weighted by molar-refractivity contribution is -0.117. The van der Waals surface area contributed by atoms with E-state index in [0.29, 0.717) is 5.78 Å². The molecule has 0 aromatic heterocycles. The van der Waals surface area contributed by atoms with Gasteiger partial charge in [-0.1, -0.05) is 39.0 Å². The van der Waals surface area contributed by atoms with Crippen molar-refractivity contribution in [3.05, 3.63) is 0 Å². The molecular weight excluding hydrogens is 172 g/mol. The number of Topliss-reactive ketones (excluding diaryl/α,β-unsaturated/α-hetero) is 1. The lowest BCUT2D eigenvalue weighted by atomic mass is 10.1. The van der Waals surface area contributed by atoms with E-state index >= 15 is 0 Å². The molecule has 0 N–H and O–H groups in total. The van der Waals surface area contributed by atoms with Crippen LogP contribution in [0.1, 0.15) is 58.8 Å². The number of ketones is 1. The van der Waals surface area contributed by atoms with Crippen LogP contribution in [0.15, 0.2) is 0 Å². The van der Waals surface area contributed by atoms with E-state index in [1.165, 1.54) is 32.1 Å². The van der Waals surface area contributed by atoms with E-state index < -0.39 is 0 Å². The maximum Gasteiger partial charge on any atom is 0.129 e. The molecular formula is C10H21ClO. The predicted octanol–water partition coefficient (Wildman–Crippen LogP) is 3.75. The van der Waals surface area contributed by atoms with Gasteiger partial charge in [-0.2, -0.15) is 0 Å². The molecule has 2 heteroatoms. The third-order valence-electron chi connectivity index (χ3n) is 1.88. The predicted molar refractivity (Wildman–Crippen MR) is 55.9 cm³/mol. The summed E-state index contributed by atoms with van der Waals surface area (Å²) < 4.78 is 0. The van der Waals surface area contributed by atoms with Crippen LogP contribution < -0.4 is 0 Å². The van der Waals surface area contributed by atoms with Crippen LogP contribution in [0, 0.1) is 0 Å². The third kappa shape index (κ3) is 12.6. The van der Waals surface area contributed by atoms with Crippen molar-refractivity contribution in [3.63, 3.8) is 0 Å². The Morgan fingerprint density at radius 2 is 1.50 bits per heavy atom. The van der Waals surface area contributed by atoms with Crippen LogP contribution in [0.25, 0.3) is 0 Å². The van der Waals surface area contributed by atoms with E-state index in [9.17, 15) is 4.79 Å². The largest absolute Gasteiger partial charge is 0.300 e. The Morgan fingerprint density at radius 3 is 2.00 bits per heavy atom. The number of halogens is 1. The summed E-state index contributed by atoms with van der Waals surface area (Å²) in [6.07, 6.45) is 8.41. The molecule has 0 amide bonds. The van der Waals surface area contributed by atoms with Crippen molar-refractivity contribution in [3.8, 4) is 0 Å². The van der Waals surface area contributed by atoms with Gasteiger partial charge in [-0.05, 0) is 13.3 Å². The number of unbranched alkanes of at least 4 members (excludes halogenated alkanes) is 5. The van der Waals surface area contributed by atoms with Gasteiger partial charge in [0.25, 0.3) is 0 Å². The highest BCUT2D eigenvalue weighted by Gasteiger charge is 1.92. The number of hydrogen-bond donors (Lipinski definition) is 0. The molecule has 0 aliphatic heterocycles. The summed E-state index contributed by atoms with van der Waals surface area (Å²) in [5.74, 6) is 0.334. The molecule has 12 heavy (non-hydrogen) atoms. The first kappa shape index (κ1) is 14.5. The van der Waals surface area contributed by atoms with E-state index in [1.54, 1.807) is 6.92 Å². The normalized spacial score (nSPS) is 9.17. The SMILES string of the molecule is CCCCCCCCC(C)=O.Cl. The molecule has 0 saturated carbocycles. The van der Waals surface area contributed by atoms with Gasteiger partial charge >= 0.3 is 0 Å². The lowest BCUT2D eigenvalue weighted by Crippen LogP contribution is -1.88. The summed E-state index contributed by atoms with van der Waals surface area (Å²) in [5, 5.41) is 0. The van der Waals surface area contributed by atoms with Crippen LogP contribution in [0.4, 0.5) is 0 Å². The smallest absolute Gasteiger partial charge is 0.129 e. The first-order valence-corrected chi connectivity index (χ1v) is 4.76. The molecule has 0 aliphatic rings. The Morgan fingerprint density at radius 1 is 1.00 bits per heavy atom. The second-order valence-electron chi connectivity index (χ2n) is 3.22. The van der Waals surface area contributed by atoms with Crippen molar-refractivity contribution in [2.75, 3.05) is 0 Å². The third-order valence-corrected chi connectivity index (χ3v) is 1.88. The van der Waals surface area contributed by atoms with Gasteiger partial charge in [0.1, 0.15) is 5.78 Å². The number of hydrogen-bond acceptors (Lipinski definition) is 1. The van der Waals surface area contributed by atoms with Crippen molar-refractivity contribution in [1.29, 1.82) is 0 Å². The van der Waals surface area contributed by atoms with Gasteiger partial charge in [0, 0.05) is 6.42 Å². The van der Waals surface area contributed by atoms with E-state index in [0.717, 1.165) is 12.8 Å². The molecule has 0 heterocycles. The molecule has 0 spiro atoms. The van der Waals surface area contributed by atoms with Crippen LogP contribution >= 0.6 is 12.4 Å². The van der Waals surface area contributed by atoms with E-state index in [1.807, 2.05) is 0 Å². The maximum absolute atomic E-state index is 10.5. The van der Waals surface area contributed by atoms with Crippen molar-refractivity contribution in [2.24, 2.45) is 0 Å². The second kappa shape index (κ2) is 11.0. The zero-order chi connectivity index (χ0) is 8.53. The van der Waals surface area contributed by atoms with Gasteiger partial charge in [-0.15, -0.1) is 12.4 Å². The monoisotopic (exact) mass is 192 g/mol. The Hall–Kier alpha value is -0.0400. The van der Waals surface area contributed by atoms with Gasteiger partial charge in [-0.3, -0.25) is 0 Å². The van der Waals surface area contributed by atoms with Crippen molar-refractivity contribution < 1.29 is 4.79 Å². The lowest BCUT2D eigenvalue weighted by Gasteiger charge is -1.97. The molecule has 0 aromatic rings. The number of carbonyl (C=O) groups excluding carboxylic acids is 1. The Labute approximate surface area is 82.3 Å². The van der Waals surface area contributed by atoms with Crippen molar-refractivity contribution in [2.45, 2.75) is 58.8 Å². The fraction of sp³-hybridized carbons (Fsp3) is 0.900. The van der Waals surface area contributed by atoms with Crippen LogP contribution in [0.2, 0.25) is 0 Å². The molecule has 0 bridgehead atoms. The van der Waals surface area contributed by atoms with Crippen LogP contribution in [-0.2, 0) is 4.79 Å². The molecule has 0 aliphatic carbocycles. The highest BCUT2D eigenvalue weighted by molar-refractivity contribution is 5.85. The maximum atomic E-state index is 10.5. The first-order valence-electron chi connectivity index (χ1n) is 4.76. The standard InChI is InChI=1S/C10H20O.ClH/c1-3-4-5-6-7-8-9-10(2)11;/h3-9H2,1-2H3;1H. The molecule has 1 nitrogen and oxygen atoms in total. The highest BCUT2D eigenvalue weighted by Crippen LogP contribution is 2.06. The van der Waals surface area contributed by atoms with Crippen LogP contribution in [-0.4, -0.2) is 5.78 Å². The van der Waals surface area contributed by atoms with E-state index in [-0.39, 0.29) is 12.4 Å². The van der Waals surface area contributed by atoms with Gasteiger partial charge in [0.05, 0.1) is 0 Å². The molecule has 74 valence electrons. The van der Waals surface area contributed by atoms with E-state index in [4.69, 9.17) is 0 Å². The molecule has 0 aromatic carbocycles. The minimum Gasteiger partial charge on any atom is -0.300 e. The Balaban J connectivity index is 0. The van der Waals surface area contributed by atoms with Crippen LogP contribution in [0.3, 0.4) is 0 Å². The molecule has 0 saturated heterocycles. The van der Waals surface area contributed by atoms with Crippen LogP contribution in [0.5, 0.6) is 0 Å². The van der Waals surface area contributed by atoms with Gasteiger partial charge < -0.3 is 4.79 Å². The molecule has 0 radical (unpaired) electrons. The summed E-state index contributed by atoms with van der Waals surface area (Å²) in [7, 11) is 0. The summed E-state index contributed by atoms with van der Waals surface area (Å²) in [6.45, 7) is 3.89. The van der Waals surface area contributed by atoms with Gasteiger partial charge in [-0.25, -0.2) is 0 Å². The van der Waals surface area contributed by atoms with Crippen molar-refractivity contribution in [1.82, 2.24) is 0 Å². The summed E-state index contributed by atoms with van der Waals surface area (Å²) in [6, 6.07) is 0. The minimum absolute atomic E-state index is 0. The topological polar surface area (TPSA) is 17.1 Å². The van der Waals surface area contributed by atoms with Crippen molar-refractivity contribution >= 4 is 18.2 Å². The summed E-state index contributed by atoms with van der Waals surface area (Å²) in [5.41, 5.74) is 0. The quantitative estimate of drug-likeness (QED) is 0.562. The zero-order valence-corrected chi connectivity index (χ0v) is 9.08. The van der Waals surface area contributed by atoms with E-state index in [2.05, 4.69) is 6.92 Å². The Bertz CT molecular complexity index is 102. The average molecular weight is 193 g/mol. The zero-order valence-electron chi connectivity index (χ0n) is 8.27.